The van der Waals surface area contributed by atoms with Crippen LogP contribution < -0.4 is 5.32 Å². The Morgan fingerprint density at radius 3 is 2.57 bits per heavy atom. The number of rotatable bonds is 6. The number of aromatic nitrogens is 4. The molecule has 2 bridgehead atoms. The Bertz CT molecular complexity index is 1290. The van der Waals surface area contributed by atoms with Gasteiger partial charge in [-0.2, -0.15) is 5.10 Å². The van der Waals surface area contributed by atoms with Gasteiger partial charge in [-0.25, -0.2) is 13.8 Å². The van der Waals surface area contributed by atoms with Crippen molar-refractivity contribution in [1.82, 2.24) is 25.5 Å². The molecule has 2 aliphatic carbocycles. The van der Waals surface area contributed by atoms with Crippen LogP contribution in [0.15, 0.2) is 36.7 Å². The van der Waals surface area contributed by atoms with Gasteiger partial charge in [0.05, 0.1) is 53.5 Å². The van der Waals surface area contributed by atoms with Crippen LogP contribution in [0, 0.1) is 17.0 Å². The molecule has 0 aliphatic heterocycles. The summed E-state index contributed by atoms with van der Waals surface area (Å²) in [7, 11) is 0. The van der Waals surface area contributed by atoms with Gasteiger partial charge in [-0.15, -0.1) is 5.10 Å². The number of aliphatic hydroxyl groups is 2. The molecule has 0 spiro atoms. The van der Waals surface area contributed by atoms with E-state index in [-0.39, 0.29) is 28.3 Å². The minimum Gasteiger partial charge on any atom is -0.394 e. The van der Waals surface area contributed by atoms with Crippen molar-refractivity contribution in [1.29, 1.82) is 0 Å². The van der Waals surface area contributed by atoms with Crippen molar-refractivity contribution in [3.63, 3.8) is 0 Å². The van der Waals surface area contributed by atoms with E-state index < -0.39 is 42.2 Å². The number of benzene rings is 1. The van der Waals surface area contributed by atoms with Crippen molar-refractivity contribution < 1.29 is 23.8 Å². The van der Waals surface area contributed by atoms with Gasteiger partial charge in [0, 0.05) is 6.20 Å². The predicted octanol–water partition coefficient (Wildman–Crippen LogP) is 2.50. The Kier molecular flexibility index (Phi) is 5.60. The summed E-state index contributed by atoms with van der Waals surface area (Å²) in [6.45, 7) is 3.36. The lowest BCUT2D eigenvalue weighted by Crippen LogP contribution is -2.41. The van der Waals surface area contributed by atoms with Crippen molar-refractivity contribution in [3.8, 4) is 11.3 Å². The molecular formula is C25H25F2N5O3. The third kappa shape index (κ3) is 3.35. The number of hydrogen-bond donors (Lipinski definition) is 3. The molecular weight excluding hydrogens is 456 g/mol. The smallest absolute Gasteiger partial charge is 0.271 e. The van der Waals surface area contributed by atoms with Crippen molar-refractivity contribution in [2.75, 3.05) is 13.2 Å². The third-order valence-corrected chi connectivity index (χ3v) is 7.68. The van der Waals surface area contributed by atoms with E-state index >= 15 is 0 Å². The highest BCUT2D eigenvalue weighted by Gasteiger charge is 2.65. The topological polar surface area (TPSA) is 121 Å². The first kappa shape index (κ1) is 23.4. The molecule has 0 radical (unpaired) electrons. The van der Waals surface area contributed by atoms with Gasteiger partial charge < -0.3 is 15.5 Å². The van der Waals surface area contributed by atoms with Crippen LogP contribution in [0.3, 0.4) is 0 Å². The van der Waals surface area contributed by atoms with Crippen molar-refractivity contribution in [2.45, 2.75) is 44.1 Å². The molecule has 1 saturated carbocycles. The lowest BCUT2D eigenvalue weighted by molar-refractivity contribution is 0.0873. The zero-order valence-corrected chi connectivity index (χ0v) is 19.3. The molecule has 3 aromatic rings. The highest BCUT2D eigenvalue weighted by Crippen LogP contribution is 2.69. The SMILES string of the molecule is CC1(C)[C@H]2CC[C@]1(c1cncc(C(=O)NC(CO)CO)n1)c1nnc(-c3c(F)cccc3F)cc12. The predicted molar refractivity (Wildman–Crippen MR) is 121 cm³/mol. The van der Waals surface area contributed by atoms with Crippen LogP contribution in [0.1, 0.15) is 60.0 Å². The second kappa shape index (κ2) is 8.39. The molecule has 2 heterocycles. The number of fused-ring (bicyclic) bond motifs is 5. The Balaban J connectivity index is 1.60. The zero-order valence-electron chi connectivity index (χ0n) is 19.3. The molecule has 2 aliphatic rings. The summed E-state index contributed by atoms with van der Waals surface area (Å²) >= 11 is 0. The van der Waals surface area contributed by atoms with Crippen LogP contribution in [-0.2, 0) is 5.41 Å². The summed E-state index contributed by atoms with van der Waals surface area (Å²) in [4.78, 5) is 21.6. The van der Waals surface area contributed by atoms with Gasteiger partial charge in [0.25, 0.3) is 5.91 Å². The molecule has 2 atom stereocenters. The van der Waals surface area contributed by atoms with Crippen molar-refractivity contribution >= 4 is 5.91 Å². The van der Waals surface area contributed by atoms with Gasteiger partial charge in [-0.1, -0.05) is 19.9 Å². The maximum Gasteiger partial charge on any atom is 0.271 e. The van der Waals surface area contributed by atoms with E-state index in [1.807, 2.05) is 0 Å². The summed E-state index contributed by atoms with van der Waals surface area (Å²) in [5, 5.41) is 29.8. The molecule has 5 rings (SSSR count). The number of nitrogens with zero attached hydrogens (tertiary/aromatic N) is 4. The summed E-state index contributed by atoms with van der Waals surface area (Å²) in [5.74, 6) is -1.92. The number of hydrogen-bond acceptors (Lipinski definition) is 7. The van der Waals surface area contributed by atoms with E-state index in [4.69, 9.17) is 0 Å². The highest BCUT2D eigenvalue weighted by atomic mass is 19.1. The largest absolute Gasteiger partial charge is 0.394 e. The average molecular weight is 482 g/mol. The molecule has 1 fully saturated rings. The lowest BCUT2D eigenvalue weighted by Gasteiger charge is -2.37. The van der Waals surface area contributed by atoms with Crippen LogP contribution in [0.4, 0.5) is 8.78 Å². The van der Waals surface area contributed by atoms with Gasteiger partial charge in [0.1, 0.15) is 17.3 Å². The number of halogens is 2. The van der Waals surface area contributed by atoms with E-state index in [1.165, 1.54) is 24.4 Å². The molecule has 8 nitrogen and oxygen atoms in total. The standard InChI is InChI=1S/C25H25F2N5O3/c1-24(2)15-6-7-25(24,20-10-28-9-19(30-20)23(35)29-13(11-33)12-34)22-14(15)8-18(31-32-22)21-16(26)4-3-5-17(21)27/h3-5,8-10,13,15,33-34H,6-7,11-12H2,1-2H3,(H,29,35)/t15-,25-/m0/s1. The van der Waals surface area contributed by atoms with E-state index in [0.717, 1.165) is 12.0 Å². The fourth-order valence-corrected chi connectivity index (χ4v) is 5.85. The van der Waals surface area contributed by atoms with Gasteiger partial charge >= 0.3 is 0 Å². The van der Waals surface area contributed by atoms with E-state index in [2.05, 4.69) is 39.3 Å². The summed E-state index contributed by atoms with van der Waals surface area (Å²) in [6, 6.07) is 4.59. The van der Waals surface area contributed by atoms with Crippen LogP contribution >= 0.6 is 0 Å². The minimum absolute atomic E-state index is 0.0500. The van der Waals surface area contributed by atoms with Crippen molar-refractivity contribution in [2.24, 2.45) is 5.41 Å². The van der Waals surface area contributed by atoms with Crippen LogP contribution in [0.25, 0.3) is 11.3 Å². The van der Waals surface area contributed by atoms with Crippen LogP contribution in [0.2, 0.25) is 0 Å². The van der Waals surface area contributed by atoms with E-state index in [1.54, 1.807) is 12.3 Å². The second-order valence-corrected chi connectivity index (χ2v) is 9.67. The van der Waals surface area contributed by atoms with E-state index in [0.29, 0.717) is 17.8 Å². The maximum atomic E-state index is 14.4. The summed E-state index contributed by atoms with van der Waals surface area (Å²) < 4.78 is 28.9. The first-order chi connectivity index (χ1) is 16.7. The molecule has 0 unspecified atom stereocenters. The number of nitrogens with one attached hydrogen (secondary N) is 1. The monoisotopic (exact) mass is 481 g/mol. The second-order valence-electron chi connectivity index (χ2n) is 9.67. The number of carbonyl (C=O) groups excluding carboxylic acids is 1. The Labute approximate surface area is 200 Å². The molecule has 0 saturated heterocycles. The Morgan fingerprint density at radius 2 is 1.89 bits per heavy atom. The van der Waals surface area contributed by atoms with Gasteiger partial charge in [-0.05, 0) is 47.9 Å². The number of aliphatic hydroxyl groups excluding tert-OH is 2. The number of amides is 1. The lowest BCUT2D eigenvalue weighted by atomic mass is 9.66. The fraction of sp³-hybridized carbons (Fsp3) is 0.400. The maximum absolute atomic E-state index is 14.4. The number of carbonyl (C=O) groups is 1. The average Bonchev–Trinajstić information content (AvgIpc) is 3.23. The molecule has 1 amide bonds. The quantitative estimate of drug-likeness (QED) is 0.495. The van der Waals surface area contributed by atoms with Crippen LogP contribution in [0.5, 0.6) is 0 Å². The zero-order chi connectivity index (χ0) is 25.0. The van der Waals surface area contributed by atoms with Crippen molar-refractivity contribution in [3.05, 3.63) is 70.9 Å². The van der Waals surface area contributed by atoms with Gasteiger partial charge in [0.15, 0.2) is 0 Å². The van der Waals surface area contributed by atoms with Gasteiger partial charge in [-0.3, -0.25) is 9.78 Å². The van der Waals surface area contributed by atoms with E-state index in [9.17, 15) is 23.8 Å². The molecule has 10 heteroatoms. The first-order valence-corrected chi connectivity index (χ1v) is 11.4. The molecule has 182 valence electrons. The van der Waals surface area contributed by atoms with Gasteiger partial charge in [0.2, 0.25) is 0 Å². The van der Waals surface area contributed by atoms with Crippen LogP contribution in [-0.4, -0.2) is 55.5 Å². The summed E-state index contributed by atoms with van der Waals surface area (Å²) in [6.07, 6.45) is 4.44. The molecule has 2 aromatic heterocycles. The molecule has 3 N–H and O–H groups in total. The summed E-state index contributed by atoms with van der Waals surface area (Å²) in [5.41, 5.74) is 1.01. The highest BCUT2D eigenvalue weighted by molar-refractivity contribution is 5.92. The third-order valence-electron chi connectivity index (χ3n) is 7.68. The Hall–Kier alpha value is -3.37. The first-order valence-electron chi connectivity index (χ1n) is 11.4. The normalized spacial score (nSPS) is 21.9. The minimum atomic E-state index is -0.811. The molecule has 35 heavy (non-hydrogen) atoms. The molecule has 1 aromatic carbocycles. The Morgan fingerprint density at radius 1 is 1.17 bits per heavy atom. The fourth-order valence-electron chi connectivity index (χ4n) is 5.85.